The van der Waals surface area contributed by atoms with E-state index in [1.165, 1.54) is 5.56 Å². The molecule has 0 bridgehead atoms. The largest absolute Gasteiger partial charge is 0.382 e. The van der Waals surface area contributed by atoms with E-state index in [2.05, 4.69) is 16.3 Å². The van der Waals surface area contributed by atoms with E-state index in [4.69, 9.17) is 5.73 Å². The summed E-state index contributed by atoms with van der Waals surface area (Å²) in [5.74, 6) is 0.129. The van der Waals surface area contributed by atoms with E-state index >= 15 is 0 Å². The number of aryl methyl sites for hydroxylation is 2. The highest BCUT2D eigenvalue weighted by atomic mass is 16.2. The molecule has 2 rings (SSSR count). The lowest BCUT2D eigenvalue weighted by Crippen LogP contribution is -2.27. The summed E-state index contributed by atoms with van der Waals surface area (Å²) < 4.78 is 0. The Labute approximate surface area is 112 Å². The molecular weight excluding hydrogens is 240 g/mol. The Morgan fingerprint density at radius 3 is 2.74 bits per heavy atom. The number of aromatic amines is 1. The van der Waals surface area contributed by atoms with E-state index < -0.39 is 0 Å². The number of carbonyl (C=O) groups excluding carboxylic acids is 1. The minimum Gasteiger partial charge on any atom is -0.382 e. The van der Waals surface area contributed by atoms with Gasteiger partial charge in [-0.3, -0.25) is 9.89 Å². The SMILES string of the molecule is Cc1cccc(CN(C)C(=O)c2c(N)n[nH]c2C)c1. The van der Waals surface area contributed by atoms with E-state index in [1.54, 1.807) is 18.9 Å². The summed E-state index contributed by atoms with van der Waals surface area (Å²) >= 11 is 0. The van der Waals surface area contributed by atoms with Crippen molar-refractivity contribution < 1.29 is 4.79 Å². The van der Waals surface area contributed by atoms with Gasteiger partial charge in [-0.15, -0.1) is 0 Å². The zero-order valence-corrected chi connectivity index (χ0v) is 11.4. The molecule has 3 N–H and O–H groups in total. The van der Waals surface area contributed by atoms with Crippen LogP contribution in [0.1, 0.15) is 27.2 Å². The third-order valence-corrected chi connectivity index (χ3v) is 3.04. The first-order valence-corrected chi connectivity index (χ1v) is 6.10. The van der Waals surface area contributed by atoms with Crippen LogP contribution in [0.3, 0.4) is 0 Å². The van der Waals surface area contributed by atoms with Gasteiger partial charge in [0.2, 0.25) is 0 Å². The van der Waals surface area contributed by atoms with Gasteiger partial charge in [-0.2, -0.15) is 5.10 Å². The van der Waals surface area contributed by atoms with Crippen LogP contribution in [-0.2, 0) is 6.54 Å². The first kappa shape index (κ1) is 13.1. The molecule has 1 heterocycles. The molecule has 1 amide bonds. The second-order valence-electron chi connectivity index (χ2n) is 4.76. The van der Waals surface area contributed by atoms with Crippen molar-refractivity contribution in [1.29, 1.82) is 0 Å². The Morgan fingerprint density at radius 2 is 2.16 bits per heavy atom. The highest BCUT2D eigenvalue weighted by molar-refractivity contribution is 5.99. The van der Waals surface area contributed by atoms with Crippen LogP contribution in [0.2, 0.25) is 0 Å². The van der Waals surface area contributed by atoms with Gasteiger partial charge in [0.1, 0.15) is 5.56 Å². The maximum atomic E-state index is 12.3. The van der Waals surface area contributed by atoms with Gasteiger partial charge >= 0.3 is 0 Å². The molecule has 5 heteroatoms. The van der Waals surface area contributed by atoms with Gasteiger partial charge < -0.3 is 10.6 Å². The molecule has 0 atom stereocenters. The topological polar surface area (TPSA) is 75.0 Å². The van der Waals surface area contributed by atoms with Gasteiger partial charge in [0, 0.05) is 19.3 Å². The van der Waals surface area contributed by atoms with Crippen molar-refractivity contribution in [2.45, 2.75) is 20.4 Å². The van der Waals surface area contributed by atoms with Crippen LogP contribution < -0.4 is 5.73 Å². The number of amides is 1. The molecule has 0 radical (unpaired) electrons. The zero-order chi connectivity index (χ0) is 14.0. The first-order valence-electron chi connectivity index (χ1n) is 6.10. The molecule has 0 unspecified atom stereocenters. The normalized spacial score (nSPS) is 10.5. The molecule has 19 heavy (non-hydrogen) atoms. The number of nitrogens with one attached hydrogen (secondary N) is 1. The van der Waals surface area contributed by atoms with Gasteiger partial charge in [-0.25, -0.2) is 0 Å². The molecule has 0 aliphatic rings. The van der Waals surface area contributed by atoms with Gasteiger partial charge in [-0.1, -0.05) is 29.8 Å². The highest BCUT2D eigenvalue weighted by Crippen LogP contribution is 2.16. The second kappa shape index (κ2) is 5.14. The molecule has 2 aromatic rings. The monoisotopic (exact) mass is 258 g/mol. The molecule has 100 valence electrons. The van der Waals surface area contributed by atoms with Crippen LogP contribution in [0, 0.1) is 13.8 Å². The summed E-state index contributed by atoms with van der Waals surface area (Å²) in [4.78, 5) is 14.0. The molecule has 0 saturated carbocycles. The predicted molar refractivity (Wildman–Crippen MR) is 74.7 cm³/mol. The van der Waals surface area contributed by atoms with Crippen molar-refractivity contribution in [3.05, 3.63) is 46.6 Å². The number of aromatic nitrogens is 2. The average molecular weight is 258 g/mol. The smallest absolute Gasteiger partial charge is 0.259 e. The predicted octanol–water partition coefficient (Wildman–Crippen LogP) is 1.88. The first-order chi connectivity index (χ1) is 8.99. The van der Waals surface area contributed by atoms with Crippen molar-refractivity contribution in [3.63, 3.8) is 0 Å². The number of rotatable bonds is 3. The third-order valence-electron chi connectivity index (χ3n) is 3.04. The van der Waals surface area contributed by atoms with Crippen molar-refractivity contribution in [3.8, 4) is 0 Å². The third kappa shape index (κ3) is 2.76. The quantitative estimate of drug-likeness (QED) is 0.882. The van der Waals surface area contributed by atoms with Gasteiger partial charge in [-0.05, 0) is 19.4 Å². The van der Waals surface area contributed by atoms with Crippen LogP contribution in [0.5, 0.6) is 0 Å². The Kier molecular flexibility index (Phi) is 3.55. The van der Waals surface area contributed by atoms with E-state index in [9.17, 15) is 4.79 Å². The summed E-state index contributed by atoms with van der Waals surface area (Å²) in [6.45, 7) is 4.37. The molecule has 5 nitrogen and oxygen atoms in total. The summed E-state index contributed by atoms with van der Waals surface area (Å²) in [7, 11) is 1.76. The van der Waals surface area contributed by atoms with Gasteiger partial charge in [0.05, 0.1) is 0 Å². The van der Waals surface area contributed by atoms with Crippen molar-refractivity contribution in [2.24, 2.45) is 0 Å². The maximum absolute atomic E-state index is 12.3. The Morgan fingerprint density at radius 1 is 1.42 bits per heavy atom. The number of H-pyrrole nitrogens is 1. The number of nitrogens with zero attached hydrogens (tertiary/aromatic N) is 2. The summed E-state index contributed by atoms with van der Waals surface area (Å²) in [5.41, 5.74) is 9.13. The number of nitrogen functional groups attached to an aromatic ring is 1. The minimum absolute atomic E-state index is 0.120. The Hall–Kier alpha value is -2.30. The van der Waals surface area contributed by atoms with Crippen LogP contribution in [0.4, 0.5) is 5.82 Å². The molecule has 0 saturated heterocycles. The lowest BCUT2D eigenvalue weighted by Gasteiger charge is -2.17. The Balaban J connectivity index is 2.16. The summed E-state index contributed by atoms with van der Waals surface area (Å²) in [6.07, 6.45) is 0. The fourth-order valence-corrected chi connectivity index (χ4v) is 2.06. The van der Waals surface area contributed by atoms with Crippen molar-refractivity contribution in [2.75, 3.05) is 12.8 Å². The van der Waals surface area contributed by atoms with E-state index in [-0.39, 0.29) is 11.7 Å². The number of hydrogen-bond acceptors (Lipinski definition) is 3. The minimum atomic E-state index is -0.120. The average Bonchev–Trinajstić information content (AvgIpc) is 2.68. The zero-order valence-electron chi connectivity index (χ0n) is 11.4. The van der Waals surface area contributed by atoms with Crippen LogP contribution in [0.25, 0.3) is 0 Å². The summed E-state index contributed by atoms with van der Waals surface area (Å²) in [5, 5.41) is 6.57. The van der Waals surface area contributed by atoms with Crippen LogP contribution >= 0.6 is 0 Å². The standard InChI is InChI=1S/C14H18N4O/c1-9-5-4-6-11(7-9)8-18(3)14(19)12-10(2)16-17-13(12)15/h4-7H,8H2,1-3H3,(H3,15,16,17). The van der Waals surface area contributed by atoms with Crippen molar-refractivity contribution in [1.82, 2.24) is 15.1 Å². The molecule has 0 fully saturated rings. The van der Waals surface area contributed by atoms with E-state index in [1.807, 2.05) is 25.1 Å². The fraction of sp³-hybridized carbons (Fsp3) is 0.286. The maximum Gasteiger partial charge on any atom is 0.259 e. The molecule has 0 spiro atoms. The number of nitrogens with two attached hydrogens (primary N) is 1. The lowest BCUT2D eigenvalue weighted by molar-refractivity contribution is 0.0785. The van der Waals surface area contributed by atoms with Crippen LogP contribution in [-0.4, -0.2) is 28.1 Å². The highest BCUT2D eigenvalue weighted by Gasteiger charge is 2.19. The molecule has 0 aliphatic heterocycles. The molecule has 1 aromatic heterocycles. The van der Waals surface area contributed by atoms with Crippen LogP contribution in [0.15, 0.2) is 24.3 Å². The number of anilines is 1. The van der Waals surface area contributed by atoms with Crippen molar-refractivity contribution >= 4 is 11.7 Å². The summed E-state index contributed by atoms with van der Waals surface area (Å²) in [6, 6.07) is 8.09. The fourth-order valence-electron chi connectivity index (χ4n) is 2.06. The lowest BCUT2D eigenvalue weighted by atomic mass is 10.1. The van der Waals surface area contributed by atoms with Gasteiger partial charge in [0.15, 0.2) is 5.82 Å². The number of benzene rings is 1. The number of carbonyl (C=O) groups is 1. The second-order valence-corrected chi connectivity index (χ2v) is 4.76. The van der Waals surface area contributed by atoms with Gasteiger partial charge in [0.25, 0.3) is 5.91 Å². The number of hydrogen-bond donors (Lipinski definition) is 2. The Bertz CT molecular complexity index is 584. The molecular formula is C14H18N4O. The molecule has 1 aromatic carbocycles. The van der Waals surface area contributed by atoms with E-state index in [0.29, 0.717) is 17.8 Å². The molecule has 0 aliphatic carbocycles. The van der Waals surface area contributed by atoms with E-state index in [0.717, 1.165) is 5.56 Å².